The van der Waals surface area contributed by atoms with Crippen LogP contribution in [-0.2, 0) is 9.53 Å². The number of hydrogen-bond acceptors (Lipinski definition) is 4. The van der Waals surface area contributed by atoms with E-state index in [0.29, 0.717) is 22.5 Å². The molecular weight excluding hydrogens is 324 g/mol. The van der Waals surface area contributed by atoms with Crippen molar-refractivity contribution in [3.8, 4) is 5.75 Å². The molecule has 2 aliphatic rings. The van der Waals surface area contributed by atoms with Crippen molar-refractivity contribution in [1.82, 2.24) is 10.6 Å². The van der Waals surface area contributed by atoms with E-state index < -0.39 is 0 Å². The minimum absolute atomic E-state index is 0.291. The Morgan fingerprint density at radius 2 is 2.04 bits per heavy atom. The smallest absolute Gasteiger partial charge is 0.337 e. The number of carbonyl (C=O) groups is 1. The van der Waals surface area contributed by atoms with Gasteiger partial charge in [0.25, 0.3) is 0 Å². The van der Waals surface area contributed by atoms with Gasteiger partial charge in [0.1, 0.15) is 5.75 Å². The average Bonchev–Trinajstić information content (AvgIpc) is 3.06. The van der Waals surface area contributed by atoms with Gasteiger partial charge in [-0.3, -0.25) is 0 Å². The second-order valence-electron chi connectivity index (χ2n) is 6.16. The number of thiocarbonyl (C=S) groups is 1. The molecular formula is C18H22N2O3S. The first kappa shape index (κ1) is 16.8. The first-order valence-corrected chi connectivity index (χ1v) is 8.62. The van der Waals surface area contributed by atoms with E-state index in [2.05, 4.69) is 10.6 Å². The molecule has 0 amide bonds. The standard InChI is InChI=1S/C18H22N2O3S/c1-11-15(17(21)22-2)16(20-18(24)19-11)12-6-5-9-14(10-12)23-13-7-3-4-8-13/h5-6,9-10,13,16H,3-4,7-8H2,1-2H3,(H2,19,20,24)/t16-/m0/s1. The Labute approximate surface area is 147 Å². The second-order valence-corrected chi connectivity index (χ2v) is 6.57. The highest BCUT2D eigenvalue weighted by atomic mass is 32.1. The number of nitrogens with one attached hydrogen (secondary N) is 2. The Morgan fingerprint density at radius 3 is 2.75 bits per heavy atom. The summed E-state index contributed by atoms with van der Waals surface area (Å²) in [7, 11) is 1.38. The van der Waals surface area contributed by atoms with Gasteiger partial charge in [-0.15, -0.1) is 0 Å². The molecule has 1 fully saturated rings. The summed E-state index contributed by atoms with van der Waals surface area (Å²) in [5, 5.41) is 6.63. The number of methoxy groups -OCH3 is 1. The van der Waals surface area contributed by atoms with E-state index in [1.807, 2.05) is 31.2 Å². The van der Waals surface area contributed by atoms with Crippen LogP contribution in [0.25, 0.3) is 0 Å². The topological polar surface area (TPSA) is 59.6 Å². The molecule has 6 heteroatoms. The van der Waals surface area contributed by atoms with E-state index in [1.54, 1.807) is 0 Å². The van der Waals surface area contributed by atoms with Crippen molar-refractivity contribution >= 4 is 23.3 Å². The van der Waals surface area contributed by atoms with Gasteiger partial charge in [-0.25, -0.2) is 4.79 Å². The van der Waals surface area contributed by atoms with Crippen LogP contribution in [-0.4, -0.2) is 24.3 Å². The Morgan fingerprint density at radius 1 is 1.29 bits per heavy atom. The molecule has 1 aromatic rings. The lowest BCUT2D eigenvalue weighted by molar-refractivity contribution is -0.136. The molecule has 1 heterocycles. The quantitative estimate of drug-likeness (QED) is 0.646. The highest BCUT2D eigenvalue weighted by Gasteiger charge is 2.30. The molecule has 0 unspecified atom stereocenters. The van der Waals surface area contributed by atoms with E-state index in [4.69, 9.17) is 21.7 Å². The summed E-state index contributed by atoms with van der Waals surface area (Å²) in [4.78, 5) is 12.2. The summed E-state index contributed by atoms with van der Waals surface area (Å²) in [5.74, 6) is 0.453. The van der Waals surface area contributed by atoms with Gasteiger partial charge in [-0.1, -0.05) is 12.1 Å². The van der Waals surface area contributed by atoms with Crippen molar-refractivity contribution < 1.29 is 14.3 Å². The number of hydrogen-bond donors (Lipinski definition) is 2. The molecule has 2 N–H and O–H groups in total. The summed E-state index contributed by atoms with van der Waals surface area (Å²) in [5.41, 5.74) is 2.16. The predicted octanol–water partition coefficient (Wildman–Crippen LogP) is 2.97. The van der Waals surface area contributed by atoms with Crippen LogP contribution in [0.1, 0.15) is 44.2 Å². The third kappa shape index (κ3) is 3.53. The molecule has 0 spiro atoms. The van der Waals surface area contributed by atoms with Crippen molar-refractivity contribution in [2.45, 2.75) is 44.8 Å². The van der Waals surface area contributed by atoms with Crippen LogP contribution >= 0.6 is 12.2 Å². The first-order valence-electron chi connectivity index (χ1n) is 8.21. The van der Waals surface area contributed by atoms with Crippen LogP contribution < -0.4 is 15.4 Å². The number of allylic oxidation sites excluding steroid dienone is 1. The molecule has 1 aliphatic heterocycles. The van der Waals surface area contributed by atoms with Gasteiger partial charge in [0, 0.05) is 5.70 Å². The van der Waals surface area contributed by atoms with Crippen LogP contribution in [0.5, 0.6) is 5.75 Å². The Bertz CT molecular complexity index is 681. The molecule has 5 nitrogen and oxygen atoms in total. The molecule has 0 saturated heterocycles. The van der Waals surface area contributed by atoms with E-state index in [0.717, 1.165) is 24.2 Å². The fourth-order valence-electron chi connectivity index (χ4n) is 3.29. The molecule has 1 saturated carbocycles. The maximum Gasteiger partial charge on any atom is 0.337 e. The van der Waals surface area contributed by atoms with Crippen LogP contribution in [0, 0.1) is 0 Å². The molecule has 1 aromatic carbocycles. The van der Waals surface area contributed by atoms with Gasteiger partial charge >= 0.3 is 5.97 Å². The maximum atomic E-state index is 12.2. The molecule has 3 rings (SSSR count). The van der Waals surface area contributed by atoms with Gasteiger partial charge in [0.2, 0.25) is 0 Å². The summed E-state index contributed by atoms with van der Waals surface area (Å²) in [6, 6.07) is 7.48. The lowest BCUT2D eigenvalue weighted by Crippen LogP contribution is -2.45. The molecule has 0 aromatic heterocycles. The van der Waals surface area contributed by atoms with Gasteiger partial charge in [0.05, 0.1) is 24.8 Å². The average molecular weight is 346 g/mol. The molecule has 24 heavy (non-hydrogen) atoms. The maximum absolute atomic E-state index is 12.2. The zero-order valence-electron chi connectivity index (χ0n) is 13.9. The van der Waals surface area contributed by atoms with Gasteiger partial charge in [-0.05, 0) is 62.5 Å². The van der Waals surface area contributed by atoms with Crippen molar-refractivity contribution in [1.29, 1.82) is 0 Å². The summed E-state index contributed by atoms with van der Waals surface area (Å²) < 4.78 is 11.0. The zero-order chi connectivity index (χ0) is 17.1. The van der Waals surface area contributed by atoms with E-state index in [-0.39, 0.29) is 12.0 Å². The highest BCUT2D eigenvalue weighted by Crippen LogP contribution is 2.31. The van der Waals surface area contributed by atoms with Crippen molar-refractivity contribution in [2.24, 2.45) is 0 Å². The molecule has 1 aliphatic carbocycles. The fourth-order valence-corrected chi connectivity index (χ4v) is 3.56. The van der Waals surface area contributed by atoms with Crippen LogP contribution in [0.2, 0.25) is 0 Å². The number of rotatable bonds is 4. The van der Waals surface area contributed by atoms with Gasteiger partial charge in [0.15, 0.2) is 5.11 Å². The monoisotopic (exact) mass is 346 g/mol. The zero-order valence-corrected chi connectivity index (χ0v) is 14.7. The third-order valence-electron chi connectivity index (χ3n) is 4.47. The summed E-state index contributed by atoms with van der Waals surface area (Å²) >= 11 is 5.24. The van der Waals surface area contributed by atoms with Crippen LogP contribution in [0.4, 0.5) is 0 Å². The van der Waals surface area contributed by atoms with Crippen LogP contribution in [0.3, 0.4) is 0 Å². The number of esters is 1. The summed E-state index contributed by atoms with van der Waals surface area (Å²) in [6.45, 7) is 1.82. The van der Waals surface area contributed by atoms with Crippen molar-refractivity contribution in [3.63, 3.8) is 0 Å². The normalized spacial score (nSPS) is 21.2. The second kappa shape index (κ2) is 7.21. The van der Waals surface area contributed by atoms with Gasteiger partial charge in [-0.2, -0.15) is 0 Å². The van der Waals surface area contributed by atoms with Crippen LogP contribution in [0.15, 0.2) is 35.5 Å². The van der Waals surface area contributed by atoms with Crippen molar-refractivity contribution in [3.05, 3.63) is 41.1 Å². The minimum atomic E-state index is -0.373. The summed E-state index contributed by atoms with van der Waals surface area (Å²) in [6.07, 6.45) is 4.95. The largest absolute Gasteiger partial charge is 0.490 e. The SMILES string of the molecule is COC(=O)C1=C(C)NC(=S)N[C@H]1c1cccc(OC2CCCC2)c1. The molecule has 1 atom stereocenters. The van der Waals surface area contributed by atoms with E-state index in [9.17, 15) is 4.79 Å². The predicted molar refractivity (Wildman–Crippen MR) is 95.7 cm³/mol. The Hall–Kier alpha value is -2.08. The highest BCUT2D eigenvalue weighted by molar-refractivity contribution is 7.80. The molecule has 0 radical (unpaired) electrons. The van der Waals surface area contributed by atoms with E-state index >= 15 is 0 Å². The lowest BCUT2D eigenvalue weighted by Gasteiger charge is -2.29. The first-order chi connectivity index (χ1) is 11.6. The number of benzene rings is 1. The van der Waals surface area contributed by atoms with Gasteiger partial charge < -0.3 is 20.1 Å². The number of carbonyl (C=O) groups excluding carboxylic acids is 1. The lowest BCUT2D eigenvalue weighted by atomic mass is 9.95. The number of ether oxygens (including phenoxy) is 2. The van der Waals surface area contributed by atoms with E-state index in [1.165, 1.54) is 20.0 Å². The third-order valence-corrected chi connectivity index (χ3v) is 4.69. The Kier molecular flexibility index (Phi) is 5.04. The fraction of sp³-hybridized carbons (Fsp3) is 0.444. The molecule has 128 valence electrons. The van der Waals surface area contributed by atoms with Crippen molar-refractivity contribution in [2.75, 3.05) is 7.11 Å². The minimum Gasteiger partial charge on any atom is -0.490 e. The Balaban J connectivity index is 1.89. The molecule has 0 bridgehead atoms.